The van der Waals surface area contributed by atoms with Gasteiger partial charge in [0.2, 0.25) is 23.8 Å². The number of aromatic amines is 4. The van der Waals surface area contributed by atoms with Gasteiger partial charge >= 0.3 is 0 Å². The van der Waals surface area contributed by atoms with Crippen molar-refractivity contribution in [2.45, 2.75) is 27.2 Å². The summed E-state index contributed by atoms with van der Waals surface area (Å²) in [5.41, 5.74) is 19.0. The first-order chi connectivity index (χ1) is 56.1. The van der Waals surface area contributed by atoms with Crippen molar-refractivity contribution < 1.29 is 4.74 Å². The Morgan fingerprint density at radius 1 is 0.325 bits per heavy atom. The lowest BCUT2D eigenvalue weighted by atomic mass is 10.1. The van der Waals surface area contributed by atoms with Crippen molar-refractivity contribution in [1.29, 1.82) is 0 Å². The standard InChI is InChI=1S/C23H16N6S.2C21H18N6S.C20H16N6OS/c1-2-6-17-14(4-1)5-3-7-19(17)26-23-27-20-10-11-30-21(20)22(28-23)25-16-8-9-18-15(12-16)13-24-29-18;1-12-4-3-5-16(13(12)2)24-21-25-18-8-9-28-19(18)20(26-21)23-15-6-7-17-14(10-15)11-22-27-17;1-2-13-3-5-15(6-4-13)24-21-25-18-9-10-28-19(18)20(26-21)23-16-7-8-17-14(11-16)12-22-27-17;1-27-15-5-2-13(3-6-15)23-20-24-17-8-9-28-18(17)19(25-20)22-14-4-7-16-12(10-14)11-21-26-16/h1-13H,(H,24,29)(H2,25,26,27,28);3-11H,1-2H3,(H,22,27)(H2,23,24,25,26);3-12H,2H2,1H3,(H,22,27)(H2,23,24,25,26);2-11H,1H3,(H,21,26)(H2,22,23,24,25). The molecule has 0 atom stereocenters. The quantitative estimate of drug-likeness (QED) is 0.0380. The number of nitrogens with zero attached hydrogens (tertiary/aromatic N) is 12. The number of nitrogens with one attached hydrogen (secondary N) is 12. The Morgan fingerprint density at radius 3 is 1.08 bits per heavy atom. The van der Waals surface area contributed by atoms with Crippen LogP contribution < -0.4 is 47.3 Å². The molecule has 0 unspecified atom stereocenters. The second-order valence-corrected chi connectivity index (χ2v) is 30.0. The normalized spacial score (nSPS) is 11.2. The van der Waals surface area contributed by atoms with E-state index in [4.69, 9.17) is 29.7 Å². The molecule has 0 bridgehead atoms. The summed E-state index contributed by atoms with van der Waals surface area (Å²) in [6, 6.07) is 68.9. The summed E-state index contributed by atoms with van der Waals surface area (Å²) in [4.78, 5) is 37.6. The van der Waals surface area contributed by atoms with E-state index in [0.29, 0.717) is 23.8 Å². The molecule has 29 heteroatoms. The van der Waals surface area contributed by atoms with Crippen LogP contribution in [0.15, 0.2) is 253 Å². The summed E-state index contributed by atoms with van der Waals surface area (Å²) < 4.78 is 9.28. The van der Waals surface area contributed by atoms with E-state index in [-0.39, 0.29) is 0 Å². The number of aryl methyl sites for hydroxylation is 2. The van der Waals surface area contributed by atoms with Crippen LogP contribution in [0.25, 0.3) is 95.3 Å². The Balaban J connectivity index is 0.000000106. The van der Waals surface area contributed by atoms with Crippen molar-refractivity contribution in [3.8, 4) is 5.75 Å². The number of ether oxygens (including phenoxy) is 1. The molecule has 114 heavy (non-hydrogen) atoms. The van der Waals surface area contributed by atoms with Gasteiger partial charge in [-0.1, -0.05) is 67.6 Å². The number of aromatic nitrogens is 16. The van der Waals surface area contributed by atoms with Crippen LogP contribution >= 0.6 is 45.3 Å². The topological polar surface area (TPSA) is 323 Å². The van der Waals surface area contributed by atoms with E-state index in [1.54, 1.807) is 58.7 Å². The van der Waals surface area contributed by atoms with Crippen LogP contribution in [0.3, 0.4) is 0 Å². The zero-order valence-electron chi connectivity index (χ0n) is 61.4. The summed E-state index contributed by atoms with van der Waals surface area (Å²) in [5, 5.41) is 69.9. The smallest absolute Gasteiger partial charge is 0.229 e. The predicted molar refractivity (Wildman–Crippen MR) is 469 cm³/mol. The molecule has 0 aliphatic rings. The third-order valence-electron chi connectivity index (χ3n) is 18.9. The largest absolute Gasteiger partial charge is 0.497 e. The third-order valence-corrected chi connectivity index (χ3v) is 22.5. The number of fused-ring (bicyclic) bond motifs is 9. The number of H-pyrrole nitrogens is 4. The fourth-order valence-corrected chi connectivity index (χ4v) is 16.0. The Kier molecular flexibility index (Phi) is 19.9. The Morgan fingerprint density at radius 2 is 0.675 bits per heavy atom. The van der Waals surface area contributed by atoms with Crippen LogP contribution in [0.1, 0.15) is 23.6 Å². The van der Waals surface area contributed by atoms with E-state index in [0.717, 1.165) is 171 Å². The van der Waals surface area contributed by atoms with E-state index in [1.807, 2.05) is 180 Å². The van der Waals surface area contributed by atoms with Gasteiger partial charge in [0.1, 0.15) is 5.75 Å². The molecule has 0 amide bonds. The average molecular weight is 1570 g/mol. The summed E-state index contributed by atoms with van der Waals surface area (Å²) in [7, 11) is 1.65. The molecule has 25 nitrogen and oxygen atoms in total. The number of thiophene rings is 4. The highest BCUT2D eigenvalue weighted by molar-refractivity contribution is 7.18. The molecule has 0 aliphatic heterocycles. The summed E-state index contributed by atoms with van der Waals surface area (Å²) in [6.07, 6.45) is 8.27. The molecule has 21 aromatic rings. The van der Waals surface area contributed by atoms with Crippen molar-refractivity contribution in [3.63, 3.8) is 0 Å². The fraction of sp³-hybridized carbons (Fsp3) is 0.0588. The van der Waals surface area contributed by atoms with E-state index < -0.39 is 0 Å². The van der Waals surface area contributed by atoms with Gasteiger partial charge in [-0.2, -0.15) is 40.3 Å². The van der Waals surface area contributed by atoms with Crippen LogP contribution in [-0.4, -0.2) is 87.8 Å². The monoisotopic (exact) mass is 1570 g/mol. The van der Waals surface area contributed by atoms with Crippen molar-refractivity contribution in [2.75, 3.05) is 49.6 Å². The van der Waals surface area contributed by atoms with Crippen molar-refractivity contribution in [1.82, 2.24) is 80.7 Å². The maximum absolute atomic E-state index is 5.20. The predicted octanol–water partition coefficient (Wildman–Crippen LogP) is 22.6. The van der Waals surface area contributed by atoms with Gasteiger partial charge in [0.05, 0.1) is 94.8 Å². The molecule has 0 radical (unpaired) electrons. The van der Waals surface area contributed by atoms with Gasteiger partial charge in [0.25, 0.3) is 0 Å². The number of rotatable bonds is 18. The molecule has 0 saturated carbocycles. The van der Waals surface area contributed by atoms with E-state index >= 15 is 0 Å². The maximum atomic E-state index is 5.20. The number of anilines is 16. The highest BCUT2D eigenvalue weighted by Crippen LogP contribution is 2.38. The van der Waals surface area contributed by atoms with Gasteiger partial charge in [-0.15, -0.1) is 45.3 Å². The molecule has 12 aromatic heterocycles. The van der Waals surface area contributed by atoms with Crippen molar-refractivity contribution in [2.24, 2.45) is 0 Å². The van der Waals surface area contributed by atoms with Gasteiger partial charge in [-0.05, 0) is 209 Å². The number of benzene rings is 9. The lowest BCUT2D eigenvalue weighted by Crippen LogP contribution is -2.02. The highest BCUT2D eigenvalue weighted by Gasteiger charge is 2.18. The second kappa shape index (κ2) is 31.8. The van der Waals surface area contributed by atoms with Crippen LogP contribution in [-0.2, 0) is 6.42 Å². The van der Waals surface area contributed by atoms with Gasteiger partial charge in [-0.25, -0.2) is 19.9 Å². The highest BCUT2D eigenvalue weighted by atomic mass is 32.1. The maximum Gasteiger partial charge on any atom is 0.229 e. The molecular weight excluding hydrogens is 1500 g/mol. The minimum atomic E-state index is 0.531. The summed E-state index contributed by atoms with van der Waals surface area (Å²) in [5.74, 6) is 6.16. The fourth-order valence-electron chi connectivity index (χ4n) is 12.9. The van der Waals surface area contributed by atoms with Crippen molar-refractivity contribution >= 4 is 233 Å². The second-order valence-electron chi connectivity index (χ2n) is 26.4. The van der Waals surface area contributed by atoms with Crippen LogP contribution in [0.2, 0.25) is 0 Å². The molecule has 0 saturated heterocycles. The average Bonchev–Trinajstić information content (AvgIpc) is 1.73. The lowest BCUT2D eigenvalue weighted by molar-refractivity contribution is 0.415. The van der Waals surface area contributed by atoms with Crippen LogP contribution in [0, 0.1) is 13.8 Å². The van der Waals surface area contributed by atoms with Gasteiger partial charge in [-0.3, -0.25) is 20.4 Å². The number of methoxy groups -OCH3 is 1. The zero-order chi connectivity index (χ0) is 76.9. The molecule has 9 aromatic carbocycles. The summed E-state index contributed by atoms with van der Waals surface area (Å²) >= 11 is 6.48. The first kappa shape index (κ1) is 71.1. The van der Waals surface area contributed by atoms with E-state index in [2.05, 4.69) is 186 Å². The molecule has 0 spiro atoms. The first-order valence-electron chi connectivity index (χ1n) is 36.2. The SMILES string of the molecule is CCc1ccc(Nc2nc(Nc3ccc4[nH]ncc4c3)c3sccc3n2)cc1.COc1ccc(Nc2nc(Nc3ccc4[nH]ncc4c3)c3sccc3n2)cc1.Cc1cccc(Nc2nc(Nc3ccc4[nH]ncc4c3)c3sccc3n2)c1C.c1ccc2c(Nc3nc(Nc4ccc5[nH]ncc5c4)c4sccc4n3)cccc2c1. The third kappa shape index (κ3) is 15.7. The molecule has 21 rings (SSSR count). The minimum Gasteiger partial charge on any atom is -0.497 e. The van der Waals surface area contributed by atoms with Gasteiger partial charge in [0, 0.05) is 72.4 Å². The molecular formula is C85H68N24OS4. The zero-order valence-corrected chi connectivity index (χ0v) is 64.6. The van der Waals surface area contributed by atoms with E-state index in [9.17, 15) is 0 Å². The first-order valence-corrected chi connectivity index (χ1v) is 39.8. The van der Waals surface area contributed by atoms with E-state index in [1.165, 1.54) is 22.1 Å². The molecule has 558 valence electrons. The van der Waals surface area contributed by atoms with Gasteiger partial charge in [0.15, 0.2) is 23.3 Å². The van der Waals surface area contributed by atoms with Crippen LogP contribution in [0.4, 0.5) is 92.6 Å². The number of hydrogen-bond acceptors (Lipinski definition) is 25. The Labute approximate surface area is 665 Å². The molecule has 12 N–H and O–H groups in total. The summed E-state index contributed by atoms with van der Waals surface area (Å²) in [6.45, 7) is 6.34. The minimum absolute atomic E-state index is 0.531. The Bertz CT molecular complexity index is 6800. The number of hydrogen-bond donors (Lipinski definition) is 12. The lowest BCUT2D eigenvalue weighted by Gasteiger charge is -2.12. The van der Waals surface area contributed by atoms with Crippen LogP contribution in [0.5, 0.6) is 5.75 Å². The molecule has 12 heterocycles. The Hall–Kier alpha value is -14.5. The molecule has 0 fully saturated rings. The molecule has 0 aliphatic carbocycles. The van der Waals surface area contributed by atoms with Gasteiger partial charge < -0.3 is 47.3 Å². The van der Waals surface area contributed by atoms with Crippen molar-refractivity contribution in [3.05, 3.63) is 269 Å².